The summed E-state index contributed by atoms with van der Waals surface area (Å²) in [7, 11) is 0. The molecule has 0 aliphatic carbocycles. The van der Waals surface area contributed by atoms with Crippen molar-refractivity contribution in [3.05, 3.63) is 82.7 Å². The van der Waals surface area contributed by atoms with Crippen molar-refractivity contribution < 1.29 is 4.79 Å². The number of nitrogens with zero attached hydrogens (tertiary/aromatic N) is 3. The number of H-pyrrole nitrogens is 1. The number of rotatable bonds is 2. The van der Waals surface area contributed by atoms with Crippen LogP contribution >= 0.6 is 0 Å². The molecule has 0 bridgehead atoms. The summed E-state index contributed by atoms with van der Waals surface area (Å²) < 4.78 is 0. The van der Waals surface area contributed by atoms with Crippen molar-refractivity contribution in [3.8, 4) is 0 Å². The molecule has 1 N–H and O–H groups in total. The molecule has 1 aliphatic heterocycles. The van der Waals surface area contributed by atoms with Crippen LogP contribution < -0.4 is 0 Å². The highest BCUT2D eigenvalue weighted by Crippen LogP contribution is 2.34. The van der Waals surface area contributed by atoms with Gasteiger partial charge in [-0.15, -0.1) is 0 Å². The van der Waals surface area contributed by atoms with E-state index >= 15 is 0 Å². The fourth-order valence-corrected chi connectivity index (χ4v) is 3.63. The SMILES string of the molecule is Cc1cc(C)cc(C(=O)N2CCc3[nH]cnc3C2c2cccnc2)c1. The maximum atomic E-state index is 13.3. The van der Waals surface area contributed by atoms with Gasteiger partial charge in [-0.25, -0.2) is 4.98 Å². The van der Waals surface area contributed by atoms with Crippen LogP contribution in [0, 0.1) is 13.8 Å². The van der Waals surface area contributed by atoms with Gasteiger partial charge in [0.1, 0.15) is 6.04 Å². The maximum absolute atomic E-state index is 13.3. The number of carbonyl (C=O) groups is 1. The summed E-state index contributed by atoms with van der Waals surface area (Å²) >= 11 is 0. The molecule has 1 unspecified atom stereocenters. The molecule has 1 aliphatic rings. The zero-order chi connectivity index (χ0) is 17.4. The average Bonchev–Trinajstić information content (AvgIpc) is 3.09. The molecule has 0 saturated carbocycles. The van der Waals surface area contributed by atoms with Gasteiger partial charge in [0.15, 0.2) is 0 Å². The first-order valence-electron chi connectivity index (χ1n) is 8.45. The largest absolute Gasteiger partial charge is 0.348 e. The molecule has 3 heterocycles. The number of hydrogen-bond acceptors (Lipinski definition) is 3. The molecule has 1 amide bonds. The standard InChI is InChI=1S/C20H20N4O/c1-13-8-14(2)10-16(9-13)20(25)24-7-5-17-18(23-12-22-17)19(24)15-4-3-6-21-11-15/h3-4,6,8-12,19H,5,7H2,1-2H3,(H,22,23). The first kappa shape index (κ1) is 15.6. The minimum atomic E-state index is -0.211. The van der Waals surface area contributed by atoms with Gasteiger partial charge in [0.2, 0.25) is 0 Å². The first-order valence-corrected chi connectivity index (χ1v) is 8.45. The van der Waals surface area contributed by atoms with Crippen LogP contribution in [0.4, 0.5) is 0 Å². The number of pyridine rings is 1. The van der Waals surface area contributed by atoms with Gasteiger partial charge < -0.3 is 9.88 Å². The van der Waals surface area contributed by atoms with E-state index in [-0.39, 0.29) is 11.9 Å². The van der Waals surface area contributed by atoms with Crippen LogP contribution in [0.3, 0.4) is 0 Å². The summed E-state index contributed by atoms with van der Waals surface area (Å²) in [4.78, 5) is 27.1. The second kappa shape index (κ2) is 6.16. The lowest BCUT2D eigenvalue weighted by molar-refractivity contribution is 0.0690. The lowest BCUT2D eigenvalue weighted by atomic mass is 9.95. The van der Waals surface area contributed by atoms with E-state index in [0.29, 0.717) is 6.54 Å². The number of benzene rings is 1. The molecule has 2 aromatic heterocycles. The number of aromatic amines is 1. The summed E-state index contributed by atoms with van der Waals surface area (Å²) in [5.74, 6) is 0.0364. The van der Waals surface area contributed by atoms with E-state index < -0.39 is 0 Å². The predicted octanol–water partition coefficient (Wildman–Crippen LogP) is 3.21. The number of aromatic nitrogens is 3. The molecule has 0 saturated heterocycles. The summed E-state index contributed by atoms with van der Waals surface area (Å²) in [5.41, 5.74) is 5.91. The average molecular weight is 332 g/mol. The van der Waals surface area contributed by atoms with Crippen molar-refractivity contribution in [2.45, 2.75) is 26.3 Å². The molecular formula is C20H20N4O. The Morgan fingerprint density at radius 2 is 2.04 bits per heavy atom. The number of carbonyl (C=O) groups excluding carboxylic acids is 1. The van der Waals surface area contributed by atoms with Gasteiger partial charge in [0.05, 0.1) is 12.0 Å². The van der Waals surface area contributed by atoms with Gasteiger partial charge in [0.25, 0.3) is 5.91 Å². The third-order valence-corrected chi connectivity index (χ3v) is 4.65. The lowest BCUT2D eigenvalue weighted by Gasteiger charge is -2.35. The molecule has 5 heteroatoms. The van der Waals surface area contributed by atoms with Crippen molar-refractivity contribution in [2.24, 2.45) is 0 Å². The fraction of sp³-hybridized carbons (Fsp3) is 0.250. The van der Waals surface area contributed by atoms with Crippen molar-refractivity contribution in [2.75, 3.05) is 6.54 Å². The Balaban J connectivity index is 1.78. The van der Waals surface area contributed by atoms with E-state index in [1.807, 2.05) is 49.2 Å². The highest BCUT2D eigenvalue weighted by atomic mass is 16.2. The molecule has 0 radical (unpaired) electrons. The van der Waals surface area contributed by atoms with Gasteiger partial charge in [-0.3, -0.25) is 9.78 Å². The van der Waals surface area contributed by atoms with Crippen LogP contribution in [0.1, 0.15) is 44.5 Å². The van der Waals surface area contributed by atoms with Crippen LogP contribution in [-0.4, -0.2) is 32.3 Å². The van der Waals surface area contributed by atoms with Crippen LogP contribution in [0.2, 0.25) is 0 Å². The van der Waals surface area contributed by atoms with Gasteiger partial charge in [-0.05, 0) is 37.6 Å². The summed E-state index contributed by atoms with van der Waals surface area (Å²) in [6.45, 7) is 4.69. The smallest absolute Gasteiger partial charge is 0.254 e. The van der Waals surface area contributed by atoms with E-state index in [9.17, 15) is 4.79 Å². The van der Waals surface area contributed by atoms with Gasteiger partial charge in [-0.2, -0.15) is 0 Å². The molecule has 25 heavy (non-hydrogen) atoms. The van der Waals surface area contributed by atoms with E-state index in [0.717, 1.165) is 40.1 Å². The number of fused-ring (bicyclic) bond motifs is 1. The summed E-state index contributed by atoms with van der Waals surface area (Å²) in [5, 5.41) is 0. The second-order valence-electron chi connectivity index (χ2n) is 6.58. The van der Waals surface area contributed by atoms with Gasteiger partial charge >= 0.3 is 0 Å². The van der Waals surface area contributed by atoms with Crippen molar-refractivity contribution >= 4 is 5.91 Å². The van der Waals surface area contributed by atoms with E-state index in [2.05, 4.69) is 21.0 Å². The monoisotopic (exact) mass is 332 g/mol. The number of amides is 1. The Labute approximate surface area is 146 Å². The Morgan fingerprint density at radius 1 is 1.24 bits per heavy atom. The molecule has 4 rings (SSSR count). The zero-order valence-electron chi connectivity index (χ0n) is 14.4. The predicted molar refractivity (Wildman–Crippen MR) is 95.3 cm³/mol. The number of imidazole rings is 1. The van der Waals surface area contributed by atoms with E-state index in [1.54, 1.807) is 12.5 Å². The van der Waals surface area contributed by atoms with Crippen molar-refractivity contribution in [3.63, 3.8) is 0 Å². The molecular weight excluding hydrogens is 312 g/mol. The van der Waals surface area contributed by atoms with Gasteiger partial charge in [0, 0.05) is 36.6 Å². The van der Waals surface area contributed by atoms with Gasteiger partial charge in [-0.1, -0.05) is 23.3 Å². The number of hydrogen-bond donors (Lipinski definition) is 1. The number of nitrogens with one attached hydrogen (secondary N) is 1. The highest BCUT2D eigenvalue weighted by molar-refractivity contribution is 5.95. The third-order valence-electron chi connectivity index (χ3n) is 4.65. The van der Waals surface area contributed by atoms with Crippen LogP contribution in [0.5, 0.6) is 0 Å². The van der Waals surface area contributed by atoms with Crippen molar-refractivity contribution in [1.82, 2.24) is 19.9 Å². The summed E-state index contributed by atoms with van der Waals surface area (Å²) in [6, 6.07) is 9.68. The highest BCUT2D eigenvalue weighted by Gasteiger charge is 2.34. The Morgan fingerprint density at radius 3 is 2.76 bits per heavy atom. The Kier molecular flexibility index (Phi) is 3.84. The zero-order valence-corrected chi connectivity index (χ0v) is 14.4. The molecule has 0 fully saturated rings. The minimum absolute atomic E-state index is 0.0364. The molecule has 126 valence electrons. The quantitative estimate of drug-likeness (QED) is 0.784. The van der Waals surface area contributed by atoms with E-state index in [4.69, 9.17) is 0 Å². The molecule has 1 atom stereocenters. The second-order valence-corrected chi connectivity index (χ2v) is 6.58. The van der Waals surface area contributed by atoms with Crippen LogP contribution in [0.15, 0.2) is 49.1 Å². The first-order chi connectivity index (χ1) is 12.1. The molecule has 5 nitrogen and oxygen atoms in total. The maximum Gasteiger partial charge on any atom is 0.254 e. The van der Waals surface area contributed by atoms with Crippen LogP contribution in [-0.2, 0) is 6.42 Å². The number of aryl methyl sites for hydroxylation is 2. The van der Waals surface area contributed by atoms with Crippen molar-refractivity contribution in [1.29, 1.82) is 0 Å². The van der Waals surface area contributed by atoms with Crippen LogP contribution in [0.25, 0.3) is 0 Å². The third kappa shape index (κ3) is 2.82. The fourth-order valence-electron chi connectivity index (χ4n) is 3.63. The molecule has 3 aromatic rings. The van der Waals surface area contributed by atoms with E-state index in [1.165, 1.54) is 0 Å². The Hall–Kier alpha value is -2.95. The molecule has 1 aromatic carbocycles. The Bertz CT molecular complexity index is 896. The minimum Gasteiger partial charge on any atom is -0.348 e. The lowest BCUT2D eigenvalue weighted by Crippen LogP contribution is -2.40. The normalized spacial score (nSPS) is 16.6. The topological polar surface area (TPSA) is 61.9 Å². The summed E-state index contributed by atoms with van der Waals surface area (Å²) in [6.07, 6.45) is 6.05. The molecule has 0 spiro atoms.